The van der Waals surface area contributed by atoms with Crippen LogP contribution in [0.3, 0.4) is 0 Å². The fourth-order valence-electron chi connectivity index (χ4n) is 2.56. The van der Waals surface area contributed by atoms with Gasteiger partial charge in [0.2, 0.25) is 0 Å². The van der Waals surface area contributed by atoms with Crippen LogP contribution < -0.4 is 0 Å². The van der Waals surface area contributed by atoms with Gasteiger partial charge in [0.25, 0.3) is 0 Å². The Kier molecular flexibility index (Phi) is 4.49. The number of hydrogen-bond donors (Lipinski definition) is 0. The molecule has 0 radical (unpaired) electrons. The van der Waals surface area contributed by atoms with Crippen molar-refractivity contribution in [3.05, 3.63) is 83.2 Å². The summed E-state index contributed by atoms with van der Waals surface area (Å²) >= 11 is 0. The molecule has 0 bridgehead atoms. The smallest absolute Gasteiger partial charge is 0.316 e. The minimum atomic E-state index is -4.36. The van der Waals surface area contributed by atoms with Gasteiger partial charge in [-0.3, -0.25) is 4.99 Å². The van der Waals surface area contributed by atoms with E-state index in [2.05, 4.69) is 4.99 Å². The van der Waals surface area contributed by atoms with Crippen LogP contribution in [0.1, 0.15) is 22.4 Å². The summed E-state index contributed by atoms with van der Waals surface area (Å²) in [6.07, 6.45) is -0.974. The largest absolute Gasteiger partial charge is 0.416 e. The van der Waals surface area contributed by atoms with Crippen LogP contribution in [0.4, 0.5) is 18.9 Å². The lowest BCUT2D eigenvalue weighted by Crippen LogP contribution is -2.06. The first kappa shape index (κ1) is 17.0. The zero-order chi connectivity index (χ0) is 18.0. The molecule has 0 fully saturated rings. The van der Waals surface area contributed by atoms with E-state index in [-0.39, 0.29) is 0 Å². The lowest BCUT2D eigenvalue weighted by atomic mass is 10.1. The maximum absolute atomic E-state index is 12.9. The number of nitrogens with zero attached hydrogens (tertiary/aromatic N) is 2. The van der Waals surface area contributed by atoms with E-state index in [0.29, 0.717) is 11.4 Å². The van der Waals surface area contributed by atoms with Crippen molar-refractivity contribution in [3.63, 3.8) is 0 Å². The van der Waals surface area contributed by atoms with Crippen LogP contribution in [0, 0.1) is 13.8 Å². The van der Waals surface area contributed by atoms with E-state index in [9.17, 15) is 13.2 Å². The standard InChI is InChI=1S/C20H17F3N2/c1-14-8-9-15(2)19(11-14)24-13-18-7-4-10-25(18)17-6-3-5-16(12-17)20(21,22)23/h3-13H,1-2H3. The highest BCUT2D eigenvalue weighted by Crippen LogP contribution is 2.30. The van der Waals surface area contributed by atoms with Crippen LogP contribution in [0.15, 0.2) is 65.8 Å². The van der Waals surface area contributed by atoms with Gasteiger partial charge in [-0.15, -0.1) is 0 Å². The molecule has 0 atom stereocenters. The predicted octanol–water partition coefficient (Wildman–Crippen LogP) is 5.86. The Balaban J connectivity index is 1.96. The highest BCUT2D eigenvalue weighted by atomic mass is 19.4. The summed E-state index contributed by atoms with van der Waals surface area (Å²) in [5.41, 5.74) is 3.47. The average molecular weight is 342 g/mol. The predicted molar refractivity (Wildman–Crippen MR) is 93.9 cm³/mol. The van der Waals surface area contributed by atoms with Crippen molar-refractivity contribution in [2.75, 3.05) is 0 Å². The number of rotatable bonds is 3. The molecule has 0 aliphatic carbocycles. The fourth-order valence-corrected chi connectivity index (χ4v) is 2.56. The summed E-state index contributed by atoms with van der Waals surface area (Å²) in [4.78, 5) is 4.50. The van der Waals surface area contributed by atoms with Gasteiger partial charge >= 0.3 is 6.18 Å². The summed E-state index contributed by atoms with van der Waals surface area (Å²) in [6.45, 7) is 3.96. The maximum Gasteiger partial charge on any atom is 0.416 e. The first-order valence-corrected chi connectivity index (χ1v) is 7.81. The quantitative estimate of drug-likeness (QED) is 0.530. The molecule has 2 nitrogen and oxygen atoms in total. The number of aryl methyl sites for hydroxylation is 2. The number of aromatic nitrogens is 1. The summed E-state index contributed by atoms with van der Waals surface area (Å²) in [5, 5.41) is 0. The molecule has 3 rings (SSSR count). The third-order valence-electron chi connectivity index (χ3n) is 3.93. The summed E-state index contributed by atoms with van der Waals surface area (Å²) in [5.74, 6) is 0. The molecule has 2 aromatic carbocycles. The van der Waals surface area contributed by atoms with E-state index < -0.39 is 11.7 Å². The first-order chi connectivity index (χ1) is 11.8. The second kappa shape index (κ2) is 6.59. The van der Waals surface area contributed by atoms with Crippen molar-refractivity contribution in [3.8, 4) is 5.69 Å². The first-order valence-electron chi connectivity index (χ1n) is 7.81. The van der Waals surface area contributed by atoms with E-state index in [1.807, 2.05) is 38.1 Å². The molecular formula is C20H17F3N2. The van der Waals surface area contributed by atoms with Crippen molar-refractivity contribution < 1.29 is 13.2 Å². The fraction of sp³-hybridized carbons (Fsp3) is 0.150. The van der Waals surface area contributed by atoms with Crippen molar-refractivity contribution >= 4 is 11.9 Å². The number of alkyl halides is 3. The van der Waals surface area contributed by atoms with Crippen LogP contribution in [0.5, 0.6) is 0 Å². The zero-order valence-electron chi connectivity index (χ0n) is 13.9. The lowest BCUT2D eigenvalue weighted by molar-refractivity contribution is -0.137. The summed E-state index contributed by atoms with van der Waals surface area (Å²) in [6, 6.07) is 14.8. The Labute approximate surface area is 144 Å². The molecule has 25 heavy (non-hydrogen) atoms. The van der Waals surface area contributed by atoms with Gasteiger partial charge in [0.1, 0.15) is 0 Å². The molecule has 128 valence electrons. The van der Waals surface area contributed by atoms with E-state index in [1.165, 1.54) is 6.07 Å². The van der Waals surface area contributed by atoms with Crippen LogP contribution in [-0.2, 0) is 6.18 Å². The maximum atomic E-state index is 12.9. The van der Waals surface area contributed by atoms with Gasteiger partial charge < -0.3 is 4.57 Å². The second-order valence-electron chi connectivity index (χ2n) is 5.90. The molecule has 0 saturated heterocycles. The molecular weight excluding hydrogens is 325 g/mol. The minimum absolute atomic E-state index is 0.447. The van der Waals surface area contributed by atoms with Gasteiger partial charge in [0.15, 0.2) is 0 Å². The number of aliphatic imine (C=N–C) groups is 1. The van der Waals surface area contributed by atoms with Crippen molar-refractivity contribution in [2.45, 2.75) is 20.0 Å². The topological polar surface area (TPSA) is 17.3 Å². The Morgan fingerprint density at radius 1 is 0.960 bits per heavy atom. The average Bonchev–Trinajstić information content (AvgIpc) is 3.03. The Morgan fingerprint density at radius 3 is 2.52 bits per heavy atom. The molecule has 1 heterocycles. The third-order valence-corrected chi connectivity index (χ3v) is 3.93. The molecule has 0 N–H and O–H groups in total. The molecule has 0 amide bonds. The van der Waals surface area contributed by atoms with E-state index >= 15 is 0 Å². The summed E-state index contributed by atoms with van der Waals surface area (Å²) in [7, 11) is 0. The van der Waals surface area contributed by atoms with Gasteiger partial charge in [0.05, 0.1) is 23.2 Å². The van der Waals surface area contributed by atoms with Crippen molar-refractivity contribution in [2.24, 2.45) is 4.99 Å². The Bertz CT molecular complexity index is 921. The monoisotopic (exact) mass is 342 g/mol. The summed E-state index contributed by atoms with van der Waals surface area (Å²) < 4.78 is 40.5. The van der Waals surface area contributed by atoms with Gasteiger partial charge in [0, 0.05) is 11.9 Å². The molecule has 0 aliphatic heterocycles. The van der Waals surface area contributed by atoms with Crippen LogP contribution in [0.25, 0.3) is 5.69 Å². The number of hydrogen-bond acceptors (Lipinski definition) is 1. The third kappa shape index (κ3) is 3.82. The second-order valence-corrected chi connectivity index (χ2v) is 5.90. The molecule has 1 aromatic heterocycles. The van der Waals surface area contributed by atoms with Crippen LogP contribution >= 0.6 is 0 Å². The molecule has 0 spiro atoms. The molecule has 0 unspecified atom stereocenters. The Hall–Kier alpha value is -2.82. The SMILES string of the molecule is Cc1ccc(C)c(N=Cc2cccn2-c2cccc(C(F)(F)F)c2)c1. The highest BCUT2D eigenvalue weighted by Gasteiger charge is 2.30. The van der Waals surface area contributed by atoms with E-state index in [0.717, 1.165) is 28.9 Å². The molecule has 5 heteroatoms. The van der Waals surface area contributed by atoms with Crippen LogP contribution in [-0.4, -0.2) is 10.8 Å². The normalized spacial score (nSPS) is 12.0. The van der Waals surface area contributed by atoms with Gasteiger partial charge in [-0.05, 0) is 61.4 Å². The zero-order valence-corrected chi connectivity index (χ0v) is 13.9. The van der Waals surface area contributed by atoms with Gasteiger partial charge in [-0.1, -0.05) is 18.2 Å². The van der Waals surface area contributed by atoms with Crippen molar-refractivity contribution in [1.29, 1.82) is 0 Å². The molecule has 3 aromatic rings. The minimum Gasteiger partial charge on any atom is -0.316 e. The number of benzene rings is 2. The van der Waals surface area contributed by atoms with E-state index in [4.69, 9.17) is 0 Å². The molecule has 0 saturated carbocycles. The van der Waals surface area contributed by atoms with Crippen molar-refractivity contribution in [1.82, 2.24) is 4.57 Å². The number of halogens is 3. The van der Waals surface area contributed by atoms with Gasteiger partial charge in [-0.2, -0.15) is 13.2 Å². The lowest BCUT2D eigenvalue weighted by Gasteiger charge is -2.11. The van der Waals surface area contributed by atoms with E-state index in [1.54, 1.807) is 29.1 Å². The highest BCUT2D eigenvalue weighted by molar-refractivity contribution is 5.81. The Morgan fingerprint density at radius 2 is 1.76 bits per heavy atom. The van der Waals surface area contributed by atoms with Crippen LogP contribution in [0.2, 0.25) is 0 Å². The van der Waals surface area contributed by atoms with Gasteiger partial charge in [-0.25, -0.2) is 0 Å². The molecule has 0 aliphatic rings.